The lowest BCUT2D eigenvalue weighted by atomic mass is 10.1. The molecule has 3 rings (SSSR count). The first-order valence-corrected chi connectivity index (χ1v) is 9.86. The Morgan fingerprint density at radius 3 is 2.67 bits per heavy atom. The number of aliphatic hydroxyl groups excluding tert-OH is 2. The molecule has 1 heterocycles. The van der Waals surface area contributed by atoms with E-state index < -0.39 is 12.0 Å². The number of hydrogen-bond acceptors (Lipinski definition) is 5. The lowest BCUT2D eigenvalue weighted by Gasteiger charge is -2.24. The average molecular weight is 409 g/mol. The zero-order chi connectivity index (χ0) is 21.3. The molecule has 7 heteroatoms. The number of hydroxylamine groups is 1. The Hall–Kier alpha value is -2.97. The molecular formula is C23H27N3O4. The highest BCUT2D eigenvalue weighted by molar-refractivity contribution is 5.90. The second kappa shape index (κ2) is 10.7. The van der Waals surface area contributed by atoms with E-state index in [1.54, 1.807) is 11.6 Å². The first-order chi connectivity index (χ1) is 14.6. The fourth-order valence-corrected chi connectivity index (χ4v) is 3.41. The number of aromatic amines is 1. The molecule has 0 aliphatic carbocycles. The van der Waals surface area contributed by atoms with Gasteiger partial charge >= 0.3 is 0 Å². The number of hydrogen-bond donors (Lipinski definition) is 5. The summed E-state index contributed by atoms with van der Waals surface area (Å²) in [4.78, 5) is 16.5. The Bertz CT molecular complexity index is 982. The molecule has 1 amide bonds. The Balaban J connectivity index is 1.66. The molecule has 30 heavy (non-hydrogen) atoms. The van der Waals surface area contributed by atoms with E-state index in [0.29, 0.717) is 13.1 Å². The molecule has 1 unspecified atom stereocenters. The van der Waals surface area contributed by atoms with E-state index >= 15 is 0 Å². The number of aromatic nitrogens is 1. The normalized spacial score (nSPS) is 12.7. The largest absolute Gasteiger partial charge is 0.394 e. The number of rotatable bonds is 10. The molecule has 0 saturated heterocycles. The van der Waals surface area contributed by atoms with Gasteiger partial charge in [0.2, 0.25) is 0 Å². The molecular weight excluding hydrogens is 382 g/mol. The zero-order valence-corrected chi connectivity index (χ0v) is 16.7. The van der Waals surface area contributed by atoms with Crippen molar-refractivity contribution in [3.05, 3.63) is 77.5 Å². The smallest absolute Gasteiger partial charge is 0.267 e. The first kappa shape index (κ1) is 21.7. The number of nitrogens with zero attached hydrogens (tertiary/aromatic N) is 1. The monoisotopic (exact) mass is 409 g/mol. The van der Waals surface area contributed by atoms with Crippen LogP contribution in [0.4, 0.5) is 0 Å². The Labute approximate surface area is 175 Å². The van der Waals surface area contributed by atoms with Crippen LogP contribution in [0.2, 0.25) is 0 Å². The lowest BCUT2D eigenvalue weighted by Crippen LogP contribution is -2.35. The van der Waals surface area contributed by atoms with Crippen LogP contribution in [0.25, 0.3) is 17.0 Å². The van der Waals surface area contributed by atoms with Crippen molar-refractivity contribution in [1.29, 1.82) is 0 Å². The van der Waals surface area contributed by atoms with Gasteiger partial charge in [-0.3, -0.25) is 14.9 Å². The molecule has 0 spiro atoms. The minimum absolute atomic E-state index is 0.278. The topological polar surface area (TPSA) is 109 Å². The number of para-hydroxylation sites is 1. The molecule has 158 valence electrons. The minimum Gasteiger partial charge on any atom is -0.394 e. The molecule has 0 bridgehead atoms. The van der Waals surface area contributed by atoms with E-state index in [1.165, 1.54) is 17.0 Å². The van der Waals surface area contributed by atoms with Gasteiger partial charge in [-0.15, -0.1) is 0 Å². The van der Waals surface area contributed by atoms with Gasteiger partial charge in [0.05, 0.1) is 12.7 Å². The maximum atomic E-state index is 11.1. The lowest BCUT2D eigenvalue weighted by molar-refractivity contribution is -0.124. The maximum Gasteiger partial charge on any atom is 0.267 e. The summed E-state index contributed by atoms with van der Waals surface area (Å²) in [5, 5.41) is 29.0. The molecule has 0 radical (unpaired) electrons. The van der Waals surface area contributed by atoms with Crippen molar-refractivity contribution in [2.24, 2.45) is 0 Å². The number of carbonyl (C=O) groups excluding carboxylic acids is 1. The van der Waals surface area contributed by atoms with Gasteiger partial charge in [-0.05, 0) is 35.3 Å². The third-order valence-corrected chi connectivity index (χ3v) is 4.98. The van der Waals surface area contributed by atoms with Gasteiger partial charge in [-0.2, -0.15) is 0 Å². The summed E-state index contributed by atoms with van der Waals surface area (Å²) in [7, 11) is 0. The molecule has 1 atom stereocenters. The second-order valence-electron chi connectivity index (χ2n) is 7.23. The van der Waals surface area contributed by atoms with E-state index in [2.05, 4.69) is 16.0 Å². The highest BCUT2D eigenvalue weighted by Crippen LogP contribution is 2.19. The summed E-state index contributed by atoms with van der Waals surface area (Å²) in [6.07, 6.45) is 4.90. The number of nitrogens with one attached hydrogen (secondary N) is 2. The Morgan fingerprint density at radius 1 is 1.17 bits per heavy atom. The van der Waals surface area contributed by atoms with Gasteiger partial charge in [0, 0.05) is 42.8 Å². The van der Waals surface area contributed by atoms with Crippen molar-refractivity contribution in [1.82, 2.24) is 15.4 Å². The van der Waals surface area contributed by atoms with Gasteiger partial charge in [-0.1, -0.05) is 42.5 Å². The van der Waals surface area contributed by atoms with Crippen LogP contribution >= 0.6 is 0 Å². The van der Waals surface area contributed by atoms with Crippen molar-refractivity contribution in [3.8, 4) is 0 Å². The number of H-pyrrole nitrogens is 1. The Kier molecular flexibility index (Phi) is 7.75. The number of amides is 1. The first-order valence-electron chi connectivity index (χ1n) is 9.86. The molecule has 0 aliphatic rings. The number of aliphatic hydroxyl groups is 2. The highest BCUT2D eigenvalue weighted by atomic mass is 16.5. The van der Waals surface area contributed by atoms with Crippen molar-refractivity contribution in [2.75, 3.05) is 19.7 Å². The summed E-state index contributed by atoms with van der Waals surface area (Å²) in [5.41, 5.74) is 5.77. The predicted octanol–water partition coefficient (Wildman–Crippen LogP) is 2.08. The van der Waals surface area contributed by atoms with Crippen LogP contribution in [0.3, 0.4) is 0 Å². The minimum atomic E-state index is -0.799. The van der Waals surface area contributed by atoms with Crippen LogP contribution in [0, 0.1) is 0 Å². The number of fused-ring (bicyclic) bond motifs is 1. The molecule has 0 aliphatic heterocycles. The fourth-order valence-electron chi connectivity index (χ4n) is 3.41. The van der Waals surface area contributed by atoms with E-state index in [4.69, 9.17) is 5.21 Å². The van der Waals surface area contributed by atoms with Crippen molar-refractivity contribution >= 4 is 22.9 Å². The van der Waals surface area contributed by atoms with Crippen LogP contribution in [0.5, 0.6) is 0 Å². The quantitative estimate of drug-likeness (QED) is 0.200. The van der Waals surface area contributed by atoms with E-state index in [-0.39, 0.29) is 6.61 Å². The zero-order valence-electron chi connectivity index (χ0n) is 16.7. The van der Waals surface area contributed by atoms with Crippen molar-refractivity contribution in [3.63, 3.8) is 0 Å². The van der Waals surface area contributed by atoms with Crippen LogP contribution in [-0.2, 0) is 17.8 Å². The summed E-state index contributed by atoms with van der Waals surface area (Å²) in [6, 6.07) is 15.9. The summed E-state index contributed by atoms with van der Waals surface area (Å²) in [5.74, 6) is -0.583. The van der Waals surface area contributed by atoms with Gasteiger partial charge in [-0.25, -0.2) is 5.48 Å². The number of benzene rings is 2. The molecule has 5 N–H and O–H groups in total. The van der Waals surface area contributed by atoms with Crippen LogP contribution < -0.4 is 5.48 Å². The van der Waals surface area contributed by atoms with Crippen molar-refractivity contribution in [2.45, 2.75) is 19.1 Å². The third-order valence-electron chi connectivity index (χ3n) is 4.98. The van der Waals surface area contributed by atoms with Gasteiger partial charge in [0.15, 0.2) is 0 Å². The molecule has 0 saturated carbocycles. The second-order valence-corrected chi connectivity index (χ2v) is 7.23. The Morgan fingerprint density at radius 2 is 1.93 bits per heavy atom. The summed E-state index contributed by atoms with van der Waals surface area (Å²) in [6.45, 7) is 1.45. The van der Waals surface area contributed by atoms with Gasteiger partial charge < -0.3 is 15.2 Å². The molecule has 2 aromatic carbocycles. The van der Waals surface area contributed by atoms with Crippen LogP contribution in [0.1, 0.15) is 16.7 Å². The van der Waals surface area contributed by atoms with E-state index in [0.717, 1.165) is 29.6 Å². The number of carbonyl (C=O) groups is 1. The van der Waals surface area contributed by atoms with Crippen LogP contribution in [-0.4, -0.2) is 57.0 Å². The SMILES string of the molecule is O=C(C=Cc1ccc(CN(CCc2c[nH]c3ccccc23)CC(O)CO)cc1)NO. The predicted molar refractivity (Wildman–Crippen MR) is 116 cm³/mol. The summed E-state index contributed by atoms with van der Waals surface area (Å²) >= 11 is 0. The van der Waals surface area contributed by atoms with Gasteiger partial charge in [0.25, 0.3) is 5.91 Å². The molecule has 0 fully saturated rings. The molecule has 3 aromatic rings. The standard InChI is InChI=1S/C23H27N3O4/c27-16-20(28)15-26(12-11-19-13-24-22-4-2-1-3-21(19)22)14-18-7-5-17(6-8-18)9-10-23(29)25-30/h1-10,13,20,24,27-28,30H,11-12,14-16H2,(H,25,29). The maximum absolute atomic E-state index is 11.1. The van der Waals surface area contributed by atoms with E-state index in [9.17, 15) is 15.0 Å². The van der Waals surface area contributed by atoms with Crippen LogP contribution in [0.15, 0.2) is 60.8 Å². The van der Waals surface area contributed by atoms with Gasteiger partial charge in [0.1, 0.15) is 0 Å². The molecule has 7 nitrogen and oxygen atoms in total. The highest BCUT2D eigenvalue weighted by Gasteiger charge is 2.13. The summed E-state index contributed by atoms with van der Waals surface area (Å²) < 4.78 is 0. The average Bonchev–Trinajstić information content (AvgIpc) is 3.19. The van der Waals surface area contributed by atoms with Crippen molar-refractivity contribution < 1.29 is 20.2 Å². The third kappa shape index (κ3) is 6.01. The fraction of sp³-hybridized carbons (Fsp3) is 0.261. The van der Waals surface area contributed by atoms with E-state index in [1.807, 2.05) is 48.7 Å². The molecule has 1 aromatic heterocycles.